The number of halogens is 2. The highest BCUT2D eigenvalue weighted by atomic mass is 32.1. The van der Waals surface area contributed by atoms with E-state index in [-0.39, 0.29) is 28.7 Å². The molecule has 2 unspecified atom stereocenters. The quantitative estimate of drug-likeness (QED) is 0.761. The van der Waals surface area contributed by atoms with Crippen LogP contribution in [0.3, 0.4) is 0 Å². The van der Waals surface area contributed by atoms with Crippen molar-refractivity contribution < 1.29 is 18.4 Å². The number of hydrogen-bond acceptors (Lipinski definition) is 5. The van der Waals surface area contributed by atoms with Crippen molar-refractivity contribution in [3.63, 3.8) is 0 Å². The van der Waals surface area contributed by atoms with Gasteiger partial charge in [-0.15, -0.1) is 0 Å². The van der Waals surface area contributed by atoms with E-state index in [1.807, 2.05) is 19.0 Å². The van der Waals surface area contributed by atoms with E-state index in [4.69, 9.17) is 0 Å². The average molecular weight is 420 g/mol. The van der Waals surface area contributed by atoms with Crippen molar-refractivity contribution in [2.45, 2.75) is 0 Å². The highest BCUT2D eigenvalue weighted by Crippen LogP contribution is 2.43. The molecule has 3 heterocycles. The molecule has 6 nitrogen and oxygen atoms in total. The van der Waals surface area contributed by atoms with E-state index in [0.717, 1.165) is 18.7 Å². The predicted molar refractivity (Wildman–Crippen MR) is 105 cm³/mol. The van der Waals surface area contributed by atoms with Crippen LogP contribution in [0, 0.1) is 23.0 Å². The van der Waals surface area contributed by atoms with Gasteiger partial charge in [-0.1, -0.05) is 0 Å². The SMILES string of the molecule is CN(C)CC12CN(C(=O)c3cnsc3)CC1CN(C(=O)c1ccc(F)c(F)c1)C2. The lowest BCUT2D eigenvalue weighted by atomic mass is 9.80. The Labute approximate surface area is 171 Å². The molecular formula is C20H22F2N4O2S. The molecule has 0 N–H and O–H groups in total. The first kappa shape index (κ1) is 19.9. The number of fused-ring (bicyclic) bond motifs is 1. The van der Waals surface area contributed by atoms with Crippen molar-refractivity contribution in [2.24, 2.45) is 11.3 Å². The zero-order valence-corrected chi connectivity index (χ0v) is 17.1. The van der Waals surface area contributed by atoms with Crippen LogP contribution in [0.25, 0.3) is 0 Å². The van der Waals surface area contributed by atoms with Crippen LogP contribution in [-0.2, 0) is 0 Å². The Morgan fingerprint density at radius 2 is 1.79 bits per heavy atom. The third-order valence-corrected chi connectivity index (χ3v) is 6.40. The maximum absolute atomic E-state index is 13.6. The van der Waals surface area contributed by atoms with E-state index in [1.165, 1.54) is 17.6 Å². The predicted octanol–water partition coefficient (Wildman–Crippen LogP) is 2.20. The second-order valence-corrected chi connectivity index (χ2v) is 8.87. The molecule has 2 atom stereocenters. The average Bonchev–Trinajstić information content (AvgIpc) is 3.36. The van der Waals surface area contributed by atoms with Crippen molar-refractivity contribution in [3.8, 4) is 0 Å². The molecule has 4 rings (SSSR count). The van der Waals surface area contributed by atoms with Gasteiger partial charge in [-0.2, -0.15) is 0 Å². The Hall–Kier alpha value is -2.39. The monoisotopic (exact) mass is 420 g/mol. The second-order valence-electron chi connectivity index (χ2n) is 8.21. The highest BCUT2D eigenvalue weighted by Gasteiger charge is 2.54. The van der Waals surface area contributed by atoms with E-state index in [2.05, 4.69) is 9.27 Å². The molecule has 2 aromatic rings. The maximum Gasteiger partial charge on any atom is 0.256 e. The lowest BCUT2D eigenvalue weighted by Crippen LogP contribution is -2.43. The van der Waals surface area contributed by atoms with Gasteiger partial charge in [0.05, 0.1) is 11.8 Å². The van der Waals surface area contributed by atoms with Crippen LogP contribution in [0.4, 0.5) is 8.78 Å². The molecular weight excluding hydrogens is 398 g/mol. The Morgan fingerprint density at radius 3 is 2.34 bits per heavy atom. The summed E-state index contributed by atoms with van der Waals surface area (Å²) in [5.74, 6) is -2.23. The summed E-state index contributed by atoms with van der Waals surface area (Å²) in [6.07, 6.45) is 1.58. The topological polar surface area (TPSA) is 56.8 Å². The first-order valence-electron chi connectivity index (χ1n) is 9.37. The van der Waals surface area contributed by atoms with Gasteiger partial charge in [0.15, 0.2) is 11.6 Å². The van der Waals surface area contributed by atoms with Gasteiger partial charge in [0, 0.05) is 55.0 Å². The molecule has 154 valence electrons. The molecule has 0 saturated carbocycles. The minimum Gasteiger partial charge on any atom is -0.338 e. The molecule has 2 amide bonds. The zero-order chi connectivity index (χ0) is 20.8. The number of amides is 2. The maximum atomic E-state index is 13.6. The highest BCUT2D eigenvalue weighted by molar-refractivity contribution is 7.03. The molecule has 2 saturated heterocycles. The number of carbonyl (C=O) groups is 2. The van der Waals surface area contributed by atoms with Gasteiger partial charge in [-0.3, -0.25) is 9.59 Å². The molecule has 0 radical (unpaired) electrons. The molecule has 0 spiro atoms. The van der Waals surface area contributed by atoms with Crippen LogP contribution >= 0.6 is 11.5 Å². The summed E-state index contributed by atoms with van der Waals surface area (Å²) in [6.45, 7) is 2.79. The number of hydrogen-bond donors (Lipinski definition) is 0. The molecule has 9 heteroatoms. The van der Waals surface area contributed by atoms with Gasteiger partial charge < -0.3 is 14.7 Å². The van der Waals surface area contributed by atoms with E-state index in [9.17, 15) is 18.4 Å². The third kappa shape index (κ3) is 3.64. The smallest absolute Gasteiger partial charge is 0.256 e. The van der Waals surface area contributed by atoms with Gasteiger partial charge in [0.25, 0.3) is 11.8 Å². The van der Waals surface area contributed by atoms with Crippen LogP contribution in [0.5, 0.6) is 0 Å². The van der Waals surface area contributed by atoms with Crippen LogP contribution < -0.4 is 0 Å². The first-order valence-corrected chi connectivity index (χ1v) is 10.2. The van der Waals surface area contributed by atoms with E-state index in [1.54, 1.807) is 16.5 Å². The fourth-order valence-electron chi connectivity index (χ4n) is 4.65. The van der Waals surface area contributed by atoms with E-state index >= 15 is 0 Å². The summed E-state index contributed by atoms with van der Waals surface area (Å²) in [5.41, 5.74) is 0.475. The van der Waals surface area contributed by atoms with E-state index in [0.29, 0.717) is 31.7 Å². The summed E-state index contributed by atoms with van der Waals surface area (Å²) >= 11 is 1.25. The lowest BCUT2D eigenvalue weighted by molar-refractivity contribution is 0.0701. The first-order chi connectivity index (χ1) is 13.8. The third-order valence-electron chi connectivity index (χ3n) is 5.81. The van der Waals surface area contributed by atoms with E-state index < -0.39 is 11.6 Å². The number of likely N-dealkylation sites (tertiary alicyclic amines) is 2. The Balaban J connectivity index is 1.54. The summed E-state index contributed by atoms with van der Waals surface area (Å²) < 4.78 is 30.8. The molecule has 2 aliphatic heterocycles. The molecule has 0 aliphatic carbocycles. The van der Waals surface area contributed by atoms with Crippen molar-refractivity contribution in [2.75, 3.05) is 46.8 Å². The number of benzene rings is 1. The lowest BCUT2D eigenvalue weighted by Gasteiger charge is -2.32. The summed E-state index contributed by atoms with van der Waals surface area (Å²) in [7, 11) is 3.94. The summed E-state index contributed by atoms with van der Waals surface area (Å²) in [6, 6.07) is 3.24. The Bertz CT molecular complexity index is 937. The molecule has 2 fully saturated rings. The van der Waals surface area contributed by atoms with Crippen LogP contribution in [0.1, 0.15) is 20.7 Å². The van der Waals surface area contributed by atoms with Gasteiger partial charge in [0.1, 0.15) is 0 Å². The number of nitrogens with zero attached hydrogens (tertiary/aromatic N) is 4. The fraction of sp³-hybridized carbons (Fsp3) is 0.450. The minimum absolute atomic E-state index is 0.0373. The molecule has 1 aromatic heterocycles. The van der Waals surface area contributed by atoms with Crippen LogP contribution in [0.2, 0.25) is 0 Å². The standard InChI is InChI=1S/C20H22F2N4O2S/c1-24(2)10-20-11-25(18(27)13-3-4-16(21)17(22)5-13)7-15(20)8-26(12-20)19(28)14-6-23-29-9-14/h3-6,9,15H,7-8,10-12H2,1-2H3. The van der Waals surface area contributed by atoms with Crippen molar-refractivity contribution in [1.82, 2.24) is 19.1 Å². The van der Waals surface area contributed by atoms with Gasteiger partial charge in [-0.25, -0.2) is 13.2 Å². The molecule has 29 heavy (non-hydrogen) atoms. The van der Waals surface area contributed by atoms with Gasteiger partial charge >= 0.3 is 0 Å². The van der Waals surface area contributed by atoms with Crippen molar-refractivity contribution in [1.29, 1.82) is 0 Å². The molecule has 1 aromatic carbocycles. The van der Waals surface area contributed by atoms with Crippen LogP contribution in [-0.4, -0.2) is 77.7 Å². The normalized spacial score (nSPS) is 23.7. The van der Waals surface area contributed by atoms with Crippen LogP contribution in [0.15, 0.2) is 29.8 Å². The summed E-state index contributed by atoms with van der Waals surface area (Å²) in [4.78, 5) is 31.3. The Kier molecular flexibility index (Phi) is 5.12. The minimum atomic E-state index is -1.03. The number of rotatable bonds is 4. The Morgan fingerprint density at radius 1 is 1.14 bits per heavy atom. The molecule has 2 aliphatic rings. The second kappa shape index (κ2) is 7.46. The number of carbonyl (C=O) groups excluding carboxylic acids is 2. The van der Waals surface area contributed by atoms with Crippen molar-refractivity contribution in [3.05, 3.63) is 52.5 Å². The number of aromatic nitrogens is 1. The summed E-state index contributed by atoms with van der Waals surface area (Å²) in [5, 5.41) is 1.74. The van der Waals surface area contributed by atoms with Gasteiger partial charge in [0.2, 0.25) is 0 Å². The largest absolute Gasteiger partial charge is 0.338 e. The molecule has 0 bridgehead atoms. The van der Waals surface area contributed by atoms with Crippen molar-refractivity contribution >= 4 is 23.3 Å². The zero-order valence-electron chi connectivity index (χ0n) is 16.3. The fourth-order valence-corrected chi connectivity index (χ4v) is 5.16. The van der Waals surface area contributed by atoms with Gasteiger partial charge in [-0.05, 0) is 43.8 Å².